The minimum atomic E-state index is -0.308. The average Bonchev–Trinajstić information content (AvgIpc) is 2.79. The molecule has 0 radical (unpaired) electrons. The van der Waals surface area contributed by atoms with Crippen LogP contribution in [-0.4, -0.2) is 21.1 Å². The van der Waals surface area contributed by atoms with Gasteiger partial charge in [0.2, 0.25) is 5.91 Å². The van der Waals surface area contributed by atoms with Gasteiger partial charge in [0.05, 0.1) is 10.8 Å². The van der Waals surface area contributed by atoms with Crippen LogP contribution in [0.3, 0.4) is 0 Å². The quantitative estimate of drug-likeness (QED) is 0.327. The first-order valence-electron chi connectivity index (χ1n) is 9.63. The Balaban J connectivity index is 1.35. The van der Waals surface area contributed by atoms with E-state index in [1.807, 2.05) is 85.8 Å². The molecule has 0 unspecified atom stereocenters. The Morgan fingerprint density at radius 2 is 1.70 bits per heavy atom. The van der Waals surface area contributed by atoms with E-state index in [9.17, 15) is 4.79 Å². The molecule has 1 heterocycles. The molecular weight excluding hydrogens is 394 g/mol. The molecular formula is C24H21N3O2S. The summed E-state index contributed by atoms with van der Waals surface area (Å²) in [5.41, 5.74) is 2.71. The number of aromatic nitrogens is 2. The zero-order chi connectivity index (χ0) is 20.8. The first-order chi connectivity index (χ1) is 14.7. The number of ether oxygens (including phenoxy) is 1. The third-order valence-corrected chi connectivity index (χ3v) is 5.65. The monoisotopic (exact) mass is 415 g/mol. The minimum absolute atomic E-state index is 0.0827. The lowest BCUT2D eigenvalue weighted by atomic mass is 10.2. The Kier molecular flexibility index (Phi) is 6.25. The molecule has 0 aliphatic heterocycles. The predicted molar refractivity (Wildman–Crippen MR) is 121 cm³/mol. The summed E-state index contributed by atoms with van der Waals surface area (Å²) < 4.78 is 5.79. The van der Waals surface area contributed by atoms with Crippen molar-refractivity contribution in [1.82, 2.24) is 9.97 Å². The van der Waals surface area contributed by atoms with Gasteiger partial charge in [0.25, 0.3) is 0 Å². The summed E-state index contributed by atoms with van der Waals surface area (Å²) >= 11 is 1.42. The largest absolute Gasteiger partial charge is 0.489 e. The minimum Gasteiger partial charge on any atom is -0.489 e. The number of para-hydroxylation sites is 1. The summed E-state index contributed by atoms with van der Waals surface area (Å²) in [5.74, 6) is 0.673. The van der Waals surface area contributed by atoms with Gasteiger partial charge in [0.15, 0.2) is 0 Å². The van der Waals surface area contributed by atoms with Crippen LogP contribution in [0.15, 0.2) is 90.2 Å². The Morgan fingerprint density at radius 3 is 2.50 bits per heavy atom. The predicted octanol–water partition coefficient (Wildman–Crippen LogP) is 5.33. The van der Waals surface area contributed by atoms with Gasteiger partial charge in [0.1, 0.15) is 23.7 Å². The molecule has 0 spiro atoms. The number of anilines is 1. The summed E-state index contributed by atoms with van der Waals surface area (Å²) in [6, 6.07) is 25.2. The molecule has 0 aliphatic rings. The van der Waals surface area contributed by atoms with Crippen LogP contribution >= 0.6 is 11.8 Å². The summed E-state index contributed by atoms with van der Waals surface area (Å²) in [4.78, 5) is 21.3. The molecule has 1 atom stereocenters. The maximum atomic E-state index is 12.6. The van der Waals surface area contributed by atoms with Crippen LogP contribution in [0, 0.1) is 0 Å². The van der Waals surface area contributed by atoms with Gasteiger partial charge >= 0.3 is 0 Å². The lowest BCUT2D eigenvalue weighted by Crippen LogP contribution is -2.22. The molecule has 0 saturated heterocycles. The van der Waals surface area contributed by atoms with Crippen LogP contribution in [0.1, 0.15) is 12.5 Å². The average molecular weight is 416 g/mol. The van der Waals surface area contributed by atoms with Crippen molar-refractivity contribution in [3.8, 4) is 5.75 Å². The molecule has 1 aromatic heterocycles. The number of fused-ring (bicyclic) bond motifs is 1. The van der Waals surface area contributed by atoms with Gasteiger partial charge in [0, 0.05) is 11.1 Å². The number of carbonyl (C=O) groups is 1. The third kappa shape index (κ3) is 4.96. The summed E-state index contributed by atoms with van der Waals surface area (Å²) in [6.45, 7) is 2.38. The van der Waals surface area contributed by atoms with Crippen molar-refractivity contribution in [1.29, 1.82) is 0 Å². The van der Waals surface area contributed by atoms with Crippen molar-refractivity contribution in [3.05, 3.63) is 90.8 Å². The molecule has 4 aromatic rings. The van der Waals surface area contributed by atoms with Gasteiger partial charge in [-0.15, -0.1) is 0 Å². The van der Waals surface area contributed by atoms with Gasteiger partial charge in [-0.2, -0.15) is 0 Å². The highest BCUT2D eigenvalue weighted by Crippen LogP contribution is 2.28. The fraction of sp³-hybridized carbons (Fsp3) is 0.125. The zero-order valence-corrected chi connectivity index (χ0v) is 17.3. The van der Waals surface area contributed by atoms with E-state index in [1.54, 1.807) is 0 Å². The summed E-state index contributed by atoms with van der Waals surface area (Å²) in [5, 5.41) is 4.39. The van der Waals surface area contributed by atoms with Gasteiger partial charge in [-0.05, 0) is 42.8 Å². The molecule has 5 nitrogen and oxygen atoms in total. The number of amides is 1. The third-order valence-electron chi connectivity index (χ3n) is 4.53. The fourth-order valence-corrected chi connectivity index (χ4v) is 3.82. The Morgan fingerprint density at radius 1 is 0.967 bits per heavy atom. The first kappa shape index (κ1) is 19.9. The molecule has 30 heavy (non-hydrogen) atoms. The van der Waals surface area contributed by atoms with Crippen LogP contribution in [0.2, 0.25) is 0 Å². The number of hydrogen-bond donors (Lipinski definition) is 1. The maximum Gasteiger partial charge on any atom is 0.237 e. The lowest BCUT2D eigenvalue weighted by Gasteiger charge is -2.13. The van der Waals surface area contributed by atoms with Gasteiger partial charge in [-0.25, -0.2) is 9.97 Å². The Bertz CT molecular complexity index is 1130. The number of nitrogens with zero attached hydrogens (tertiary/aromatic N) is 2. The van der Waals surface area contributed by atoms with Crippen LogP contribution in [-0.2, 0) is 11.4 Å². The topological polar surface area (TPSA) is 64.1 Å². The first-order valence-corrected chi connectivity index (χ1v) is 10.5. The standard InChI is InChI=1S/C24H21N3O2S/c1-17(30-24-21-9-5-6-10-22(21)25-16-26-24)23(28)27-19-11-13-20(14-12-19)29-15-18-7-3-2-4-8-18/h2-14,16-17H,15H2,1H3,(H,27,28)/t17-/m0/s1. The molecule has 0 aliphatic carbocycles. The second kappa shape index (κ2) is 9.41. The van der Waals surface area contributed by atoms with Gasteiger partial charge < -0.3 is 10.1 Å². The number of rotatable bonds is 7. The molecule has 0 fully saturated rings. The van der Waals surface area contributed by atoms with E-state index in [0.29, 0.717) is 6.61 Å². The normalized spacial score (nSPS) is 11.8. The molecule has 0 bridgehead atoms. The Labute approximate surface area is 179 Å². The molecule has 4 rings (SSSR count). The number of thioether (sulfide) groups is 1. The molecule has 1 amide bonds. The molecule has 3 aromatic carbocycles. The number of benzene rings is 3. The lowest BCUT2D eigenvalue weighted by molar-refractivity contribution is -0.115. The highest BCUT2D eigenvalue weighted by atomic mass is 32.2. The zero-order valence-electron chi connectivity index (χ0n) is 16.5. The van der Waals surface area contributed by atoms with Crippen molar-refractivity contribution < 1.29 is 9.53 Å². The number of carbonyl (C=O) groups excluding carboxylic acids is 1. The van der Waals surface area contributed by atoms with Crippen molar-refractivity contribution in [2.75, 3.05) is 5.32 Å². The highest BCUT2D eigenvalue weighted by Gasteiger charge is 2.17. The van der Waals surface area contributed by atoms with E-state index in [0.717, 1.165) is 32.9 Å². The molecule has 6 heteroatoms. The van der Waals surface area contributed by atoms with Crippen LogP contribution in [0.4, 0.5) is 5.69 Å². The second-order valence-corrected chi connectivity index (χ2v) is 8.07. The van der Waals surface area contributed by atoms with E-state index in [1.165, 1.54) is 18.1 Å². The van der Waals surface area contributed by atoms with Crippen molar-refractivity contribution in [2.24, 2.45) is 0 Å². The van der Waals surface area contributed by atoms with Gasteiger partial charge in [-0.3, -0.25) is 4.79 Å². The second-order valence-electron chi connectivity index (χ2n) is 6.74. The highest BCUT2D eigenvalue weighted by molar-refractivity contribution is 8.00. The van der Waals surface area contributed by atoms with E-state index in [-0.39, 0.29) is 11.2 Å². The summed E-state index contributed by atoms with van der Waals surface area (Å²) in [7, 11) is 0. The number of nitrogens with one attached hydrogen (secondary N) is 1. The van der Waals surface area contributed by atoms with E-state index >= 15 is 0 Å². The molecule has 1 N–H and O–H groups in total. The van der Waals surface area contributed by atoms with Crippen LogP contribution in [0.5, 0.6) is 5.75 Å². The van der Waals surface area contributed by atoms with E-state index < -0.39 is 0 Å². The number of hydrogen-bond acceptors (Lipinski definition) is 5. The van der Waals surface area contributed by atoms with E-state index in [2.05, 4.69) is 15.3 Å². The Hall–Kier alpha value is -3.38. The van der Waals surface area contributed by atoms with Crippen molar-refractivity contribution in [2.45, 2.75) is 23.8 Å². The van der Waals surface area contributed by atoms with Gasteiger partial charge in [-0.1, -0.05) is 60.3 Å². The summed E-state index contributed by atoms with van der Waals surface area (Å²) in [6.07, 6.45) is 1.53. The van der Waals surface area contributed by atoms with Crippen LogP contribution in [0.25, 0.3) is 10.9 Å². The van der Waals surface area contributed by atoms with Crippen LogP contribution < -0.4 is 10.1 Å². The van der Waals surface area contributed by atoms with Crippen molar-refractivity contribution >= 4 is 34.3 Å². The van der Waals surface area contributed by atoms with Crippen molar-refractivity contribution in [3.63, 3.8) is 0 Å². The SMILES string of the molecule is C[C@H](Sc1ncnc2ccccc12)C(=O)Nc1ccc(OCc2ccccc2)cc1. The van der Waals surface area contributed by atoms with E-state index in [4.69, 9.17) is 4.74 Å². The molecule has 0 saturated carbocycles. The fourth-order valence-electron chi connectivity index (χ4n) is 2.91. The smallest absolute Gasteiger partial charge is 0.237 e. The molecule has 150 valence electrons. The maximum absolute atomic E-state index is 12.6.